The molecule has 3 rings (SSSR count). The fourth-order valence-corrected chi connectivity index (χ4v) is 3.82. The molecule has 7 heteroatoms. The number of carbonyl (C=O) groups is 1. The van der Waals surface area contributed by atoms with Crippen LogP contribution in [-0.4, -0.2) is 36.8 Å². The van der Waals surface area contributed by atoms with Crippen LogP contribution in [0.5, 0.6) is 5.75 Å². The molecule has 160 valence electrons. The van der Waals surface area contributed by atoms with Crippen LogP contribution in [0.1, 0.15) is 20.8 Å². The Morgan fingerprint density at radius 2 is 1.90 bits per heavy atom. The van der Waals surface area contributed by atoms with E-state index >= 15 is 0 Å². The molecule has 0 aliphatic carbocycles. The van der Waals surface area contributed by atoms with Crippen molar-refractivity contribution in [2.24, 2.45) is 0 Å². The number of amides is 1. The van der Waals surface area contributed by atoms with E-state index in [0.717, 1.165) is 16.2 Å². The van der Waals surface area contributed by atoms with Crippen LogP contribution >= 0.6 is 23.7 Å². The zero-order valence-electron chi connectivity index (χ0n) is 16.8. The highest BCUT2D eigenvalue weighted by Gasteiger charge is 2.22. The van der Waals surface area contributed by atoms with Crippen LogP contribution in [0.3, 0.4) is 0 Å². The maximum absolute atomic E-state index is 12.6. The minimum Gasteiger partial charge on any atom is -0.497 e. The molecular weight excluding hydrogens is 420 g/mol. The van der Waals surface area contributed by atoms with Gasteiger partial charge >= 0.3 is 0 Å². The Labute approximate surface area is 187 Å². The first-order valence-electron chi connectivity index (χ1n) is 9.55. The summed E-state index contributed by atoms with van der Waals surface area (Å²) in [6, 6.07) is 20.5. The van der Waals surface area contributed by atoms with E-state index in [1.165, 1.54) is 0 Å². The molecule has 3 N–H and O–H groups in total. The van der Waals surface area contributed by atoms with Gasteiger partial charge in [-0.3, -0.25) is 4.79 Å². The summed E-state index contributed by atoms with van der Waals surface area (Å²) < 4.78 is 5.24. The third kappa shape index (κ3) is 7.15. The van der Waals surface area contributed by atoms with E-state index in [-0.39, 0.29) is 24.4 Å². The van der Waals surface area contributed by atoms with Gasteiger partial charge < -0.3 is 20.5 Å². The van der Waals surface area contributed by atoms with Gasteiger partial charge in [0.25, 0.3) is 5.91 Å². The third-order valence-corrected chi connectivity index (χ3v) is 5.53. The fraction of sp³-hybridized carbons (Fsp3) is 0.261. The second-order valence-electron chi connectivity index (χ2n) is 6.78. The highest BCUT2D eigenvalue weighted by Crippen LogP contribution is 2.15. The summed E-state index contributed by atoms with van der Waals surface area (Å²) in [4.78, 5) is 13.7. The number of carbonyl (C=O) groups excluding carboxylic acids is 1. The van der Waals surface area contributed by atoms with Crippen LogP contribution in [-0.2, 0) is 13.0 Å². The van der Waals surface area contributed by atoms with Crippen LogP contribution in [0.25, 0.3) is 0 Å². The quantitative estimate of drug-likeness (QED) is 0.444. The molecule has 0 aliphatic rings. The van der Waals surface area contributed by atoms with Gasteiger partial charge in [0.05, 0.1) is 19.3 Å². The number of aliphatic hydroxyl groups is 1. The largest absolute Gasteiger partial charge is 0.497 e. The molecule has 5 nitrogen and oxygen atoms in total. The maximum Gasteiger partial charge on any atom is 0.251 e. The van der Waals surface area contributed by atoms with Crippen LogP contribution in [0.15, 0.2) is 72.1 Å². The van der Waals surface area contributed by atoms with Gasteiger partial charge in [0.1, 0.15) is 5.75 Å². The van der Waals surface area contributed by atoms with Crippen molar-refractivity contribution in [1.29, 1.82) is 0 Å². The van der Waals surface area contributed by atoms with Crippen LogP contribution in [0.4, 0.5) is 0 Å². The molecule has 2 atom stereocenters. The number of hydrogen-bond donors (Lipinski definition) is 3. The first-order valence-corrected chi connectivity index (χ1v) is 10.4. The minimum atomic E-state index is -0.727. The lowest BCUT2D eigenvalue weighted by atomic mass is 10.0. The molecule has 0 unspecified atom stereocenters. The van der Waals surface area contributed by atoms with Crippen molar-refractivity contribution < 1.29 is 14.6 Å². The Morgan fingerprint density at radius 3 is 2.60 bits per heavy atom. The Morgan fingerprint density at radius 1 is 1.10 bits per heavy atom. The molecule has 1 aromatic heterocycles. The summed E-state index contributed by atoms with van der Waals surface area (Å²) in [5.41, 5.74) is 1.65. The molecule has 2 aromatic carbocycles. The number of ether oxygens (including phenoxy) is 1. The number of thiophene rings is 1. The van der Waals surface area contributed by atoms with Crippen LogP contribution in [0, 0.1) is 0 Å². The highest BCUT2D eigenvalue weighted by molar-refractivity contribution is 7.09. The lowest BCUT2D eigenvalue weighted by Gasteiger charge is -2.24. The SMILES string of the molecule is COc1cccc(CNC[C@H](O)[C@H](Cc2cccs2)NC(=O)c2ccccc2)c1.Cl. The molecular formula is C23H27ClN2O3S. The van der Waals surface area contributed by atoms with Gasteiger partial charge in [0, 0.05) is 30.0 Å². The van der Waals surface area contributed by atoms with Gasteiger partial charge in [-0.25, -0.2) is 0 Å². The third-order valence-electron chi connectivity index (χ3n) is 4.63. The monoisotopic (exact) mass is 446 g/mol. The standard InChI is InChI=1S/C23H26N2O3S.ClH/c1-28-19-10-5-7-17(13-19)15-24-16-22(26)21(14-20-11-6-12-29-20)25-23(27)18-8-3-2-4-9-18;/h2-13,21-22,24,26H,14-16H2,1H3,(H,25,27);1H/t21-,22-;/m0./s1. The maximum atomic E-state index is 12.6. The van der Waals surface area contributed by atoms with Crippen molar-refractivity contribution in [2.45, 2.75) is 25.1 Å². The summed E-state index contributed by atoms with van der Waals surface area (Å²) >= 11 is 1.62. The lowest BCUT2D eigenvalue weighted by molar-refractivity contribution is 0.0831. The molecule has 3 aromatic rings. The topological polar surface area (TPSA) is 70.6 Å². The second kappa shape index (κ2) is 12.3. The predicted octanol–water partition coefficient (Wildman–Crippen LogP) is 3.67. The number of rotatable bonds is 10. The van der Waals surface area contributed by atoms with Gasteiger partial charge in [-0.15, -0.1) is 23.7 Å². The van der Waals surface area contributed by atoms with Crippen molar-refractivity contribution in [3.05, 3.63) is 88.1 Å². The first kappa shape index (κ1) is 23.9. The molecule has 30 heavy (non-hydrogen) atoms. The molecule has 0 saturated carbocycles. The van der Waals surface area contributed by atoms with Gasteiger partial charge in [0.2, 0.25) is 0 Å². The van der Waals surface area contributed by atoms with Gasteiger partial charge in [-0.2, -0.15) is 0 Å². The minimum absolute atomic E-state index is 0. The molecule has 1 heterocycles. The molecule has 1 amide bonds. The number of benzene rings is 2. The second-order valence-corrected chi connectivity index (χ2v) is 7.81. The number of nitrogens with one attached hydrogen (secondary N) is 2. The van der Waals surface area contributed by atoms with Gasteiger partial charge in [-0.1, -0.05) is 36.4 Å². The van der Waals surface area contributed by atoms with E-state index in [2.05, 4.69) is 10.6 Å². The average molecular weight is 447 g/mol. The van der Waals surface area contributed by atoms with E-state index in [9.17, 15) is 9.90 Å². The zero-order chi connectivity index (χ0) is 20.5. The van der Waals surface area contributed by atoms with E-state index < -0.39 is 6.10 Å². The summed E-state index contributed by atoms with van der Waals surface area (Å²) in [7, 11) is 1.64. The van der Waals surface area contributed by atoms with Crippen LogP contribution < -0.4 is 15.4 Å². The van der Waals surface area contributed by atoms with Crippen molar-refractivity contribution in [3.63, 3.8) is 0 Å². The highest BCUT2D eigenvalue weighted by atomic mass is 35.5. The van der Waals surface area contributed by atoms with Crippen molar-refractivity contribution in [1.82, 2.24) is 10.6 Å². The summed E-state index contributed by atoms with van der Waals surface area (Å²) in [6.45, 7) is 0.967. The Balaban J connectivity index is 0.00000320. The number of methoxy groups -OCH3 is 1. The van der Waals surface area contributed by atoms with Gasteiger partial charge in [0.15, 0.2) is 0 Å². The van der Waals surface area contributed by atoms with E-state index in [1.807, 2.05) is 60.0 Å². The normalized spacial score (nSPS) is 12.5. The number of hydrogen-bond acceptors (Lipinski definition) is 5. The summed E-state index contributed by atoms with van der Waals surface area (Å²) in [6.07, 6.45) is -0.145. The average Bonchev–Trinajstić information content (AvgIpc) is 3.27. The predicted molar refractivity (Wildman–Crippen MR) is 124 cm³/mol. The van der Waals surface area contributed by atoms with Crippen LogP contribution in [0.2, 0.25) is 0 Å². The lowest BCUT2D eigenvalue weighted by Crippen LogP contribution is -2.48. The molecule has 0 radical (unpaired) electrons. The summed E-state index contributed by atoms with van der Waals surface area (Å²) in [5, 5.41) is 19.1. The van der Waals surface area contributed by atoms with Gasteiger partial charge in [-0.05, 0) is 41.3 Å². The molecule has 0 aliphatic heterocycles. The Kier molecular flexibility index (Phi) is 9.83. The molecule has 0 spiro atoms. The summed E-state index contributed by atoms with van der Waals surface area (Å²) in [5.74, 6) is 0.620. The van der Waals surface area contributed by atoms with E-state index in [1.54, 1.807) is 30.6 Å². The van der Waals surface area contributed by atoms with E-state index in [0.29, 0.717) is 25.1 Å². The van der Waals surface area contributed by atoms with E-state index in [4.69, 9.17) is 4.74 Å². The van der Waals surface area contributed by atoms with Crippen molar-refractivity contribution in [2.75, 3.05) is 13.7 Å². The molecule has 0 fully saturated rings. The smallest absolute Gasteiger partial charge is 0.251 e. The number of aliphatic hydroxyl groups excluding tert-OH is 1. The first-order chi connectivity index (χ1) is 14.2. The van der Waals surface area contributed by atoms with Crippen molar-refractivity contribution >= 4 is 29.7 Å². The molecule has 0 saturated heterocycles. The fourth-order valence-electron chi connectivity index (χ4n) is 3.06. The molecule has 0 bridgehead atoms. The Hall–Kier alpha value is -2.38. The number of halogens is 1. The zero-order valence-corrected chi connectivity index (χ0v) is 18.4. The Bertz CT molecular complexity index is 890. The van der Waals surface area contributed by atoms with Crippen molar-refractivity contribution in [3.8, 4) is 5.75 Å².